The van der Waals surface area contributed by atoms with Gasteiger partial charge in [0.05, 0.1) is 5.56 Å². The van der Waals surface area contributed by atoms with Gasteiger partial charge in [-0.1, -0.05) is 42.0 Å². The van der Waals surface area contributed by atoms with Crippen molar-refractivity contribution in [2.45, 2.75) is 13.3 Å². The van der Waals surface area contributed by atoms with Gasteiger partial charge in [0.1, 0.15) is 5.82 Å². The van der Waals surface area contributed by atoms with Gasteiger partial charge >= 0.3 is 0 Å². The average molecular weight is 354 g/mol. The molecule has 0 saturated carbocycles. The smallest absolute Gasteiger partial charge is 0.256 e. The van der Waals surface area contributed by atoms with Crippen molar-refractivity contribution in [3.05, 3.63) is 71.0 Å². The first-order valence-corrected chi connectivity index (χ1v) is 8.90. The largest absolute Gasteiger partial charge is 0.336 e. The van der Waals surface area contributed by atoms with Crippen molar-refractivity contribution >= 4 is 11.7 Å². The molecule has 0 spiro atoms. The number of rotatable bonds is 5. The van der Waals surface area contributed by atoms with Crippen LogP contribution < -0.4 is 0 Å². The number of benzene rings is 2. The number of nitrogens with zero attached hydrogens (tertiary/aromatic N) is 2. The molecule has 0 atom stereocenters. The lowest BCUT2D eigenvalue weighted by molar-refractivity contribution is 0.0624. The molecule has 136 valence electrons. The maximum atomic E-state index is 13.8. The monoisotopic (exact) mass is 354 g/mol. The Morgan fingerprint density at radius 3 is 2.27 bits per heavy atom. The van der Waals surface area contributed by atoms with Crippen molar-refractivity contribution in [3.63, 3.8) is 0 Å². The van der Waals surface area contributed by atoms with E-state index in [9.17, 15) is 14.0 Å². The summed E-state index contributed by atoms with van der Waals surface area (Å²) < 4.78 is 13.8. The third-order valence-corrected chi connectivity index (χ3v) is 4.79. The number of carbonyl (C=O) groups is 2. The summed E-state index contributed by atoms with van der Waals surface area (Å²) in [7, 11) is 0. The number of amides is 1. The van der Waals surface area contributed by atoms with E-state index in [2.05, 4.69) is 4.90 Å². The third kappa shape index (κ3) is 4.35. The molecule has 0 radical (unpaired) electrons. The third-order valence-electron chi connectivity index (χ3n) is 4.79. The number of Topliss-reactive ketones (excluding diaryl/α,β-unsaturated/α-hetero) is 1. The van der Waals surface area contributed by atoms with Gasteiger partial charge in [-0.15, -0.1) is 0 Å². The van der Waals surface area contributed by atoms with Gasteiger partial charge < -0.3 is 4.90 Å². The minimum Gasteiger partial charge on any atom is -0.336 e. The highest BCUT2D eigenvalue weighted by atomic mass is 19.1. The maximum absolute atomic E-state index is 13.8. The number of ketones is 1. The summed E-state index contributed by atoms with van der Waals surface area (Å²) in [4.78, 5) is 28.5. The van der Waals surface area contributed by atoms with Gasteiger partial charge in [0.2, 0.25) is 0 Å². The van der Waals surface area contributed by atoms with E-state index >= 15 is 0 Å². The van der Waals surface area contributed by atoms with Crippen molar-refractivity contribution in [2.75, 3.05) is 32.7 Å². The summed E-state index contributed by atoms with van der Waals surface area (Å²) >= 11 is 0. The van der Waals surface area contributed by atoms with Crippen LogP contribution in [0.5, 0.6) is 0 Å². The molecular weight excluding hydrogens is 331 g/mol. The number of hydrogen-bond acceptors (Lipinski definition) is 3. The Bertz CT molecular complexity index is 781. The van der Waals surface area contributed by atoms with E-state index in [4.69, 9.17) is 0 Å². The van der Waals surface area contributed by atoms with Crippen LogP contribution >= 0.6 is 0 Å². The number of hydrogen-bond donors (Lipinski definition) is 0. The number of piperazine rings is 1. The van der Waals surface area contributed by atoms with Gasteiger partial charge in [-0.05, 0) is 19.1 Å². The summed E-state index contributed by atoms with van der Waals surface area (Å²) in [5.74, 6) is -0.614. The molecule has 1 amide bonds. The molecule has 0 aromatic heterocycles. The Hall–Kier alpha value is -2.53. The van der Waals surface area contributed by atoms with Gasteiger partial charge in [0.25, 0.3) is 5.91 Å². The Morgan fingerprint density at radius 1 is 0.962 bits per heavy atom. The topological polar surface area (TPSA) is 40.6 Å². The van der Waals surface area contributed by atoms with E-state index in [1.807, 2.05) is 31.2 Å². The second kappa shape index (κ2) is 8.23. The maximum Gasteiger partial charge on any atom is 0.256 e. The fourth-order valence-electron chi connectivity index (χ4n) is 3.12. The van der Waals surface area contributed by atoms with Crippen molar-refractivity contribution in [1.29, 1.82) is 0 Å². The molecule has 3 rings (SSSR count). The molecule has 5 heteroatoms. The lowest BCUT2D eigenvalue weighted by Gasteiger charge is -2.34. The Kier molecular flexibility index (Phi) is 5.78. The zero-order chi connectivity index (χ0) is 18.5. The highest BCUT2D eigenvalue weighted by molar-refractivity contribution is 5.96. The normalized spacial score (nSPS) is 15.1. The number of halogens is 1. The molecule has 4 nitrogen and oxygen atoms in total. The molecule has 0 bridgehead atoms. The number of carbonyl (C=O) groups excluding carboxylic acids is 2. The van der Waals surface area contributed by atoms with E-state index in [0.29, 0.717) is 39.1 Å². The molecule has 1 aliphatic rings. The second-order valence-electron chi connectivity index (χ2n) is 6.65. The van der Waals surface area contributed by atoms with E-state index in [1.54, 1.807) is 17.0 Å². The predicted molar refractivity (Wildman–Crippen MR) is 98.9 cm³/mol. The zero-order valence-electron chi connectivity index (χ0n) is 15.0. The number of aryl methyl sites for hydroxylation is 1. The molecule has 1 fully saturated rings. The first-order chi connectivity index (χ1) is 12.5. The fraction of sp³-hybridized carbons (Fsp3) is 0.333. The van der Waals surface area contributed by atoms with Gasteiger partial charge in [-0.25, -0.2) is 4.39 Å². The molecular formula is C21H23FN2O2. The van der Waals surface area contributed by atoms with Crippen LogP contribution in [0, 0.1) is 12.7 Å². The first-order valence-electron chi connectivity index (χ1n) is 8.90. The predicted octanol–water partition coefficient (Wildman–Crippen LogP) is 3.16. The second-order valence-corrected chi connectivity index (χ2v) is 6.65. The van der Waals surface area contributed by atoms with Gasteiger partial charge in [-0.2, -0.15) is 0 Å². The molecule has 0 N–H and O–H groups in total. The van der Waals surface area contributed by atoms with Crippen LogP contribution in [0.15, 0.2) is 48.5 Å². The lowest BCUT2D eigenvalue weighted by Crippen LogP contribution is -2.49. The molecule has 1 aliphatic heterocycles. The van der Waals surface area contributed by atoms with Crippen LogP contribution in [0.3, 0.4) is 0 Å². The molecule has 2 aromatic rings. The van der Waals surface area contributed by atoms with E-state index < -0.39 is 5.82 Å². The van der Waals surface area contributed by atoms with Crippen LogP contribution in [0.25, 0.3) is 0 Å². The SMILES string of the molecule is Cc1ccc(C(=O)CCN2CCN(C(=O)c3ccccc3F)CC2)cc1. The van der Waals surface area contributed by atoms with Crippen LogP contribution in [-0.4, -0.2) is 54.2 Å². The van der Waals surface area contributed by atoms with Crippen LogP contribution in [-0.2, 0) is 0 Å². The Morgan fingerprint density at radius 2 is 1.62 bits per heavy atom. The van der Waals surface area contributed by atoms with Crippen molar-refractivity contribution in [1.82, 2.24) is 9.80 Å². The van der Waals surface area contributed by atoms with Gasteiger partial charge in [0.15, 0.2) is 5.78 Å². The van der Waals surface area contributed by atoms with E-state index in [1.165, 1.54) is 12.1 Å². The van der Waals surface area contributed by atoms with Crippen LogP contribution in [0.4, 0.5) is 4.39 Å². The molecule has 1 saturated heterocycles. The molecule has 0 unspecified atom stereocenters. The molecule has 26 heavy (non-hydrogen) atoms. The van der Waals surface area contributed by atoms with Gasteiger partial charge in [-0.3, -0.25) is 14.5 Å². The highest BCUT2D eigenvalue weighted by Crippen LogP contribution is 2.13. The summed E-state index contributed by atoms with van der Waals surface area (Å²) in [5.41, 5.74) is 2.00. The molecule has 2 aromatic carbocycles. The Balaban J connectivity index is 1.48. The van der Waals surface area contributed by atoms with Crippen LogP contribution in [0.1, 0.15) is 32.7 Å². The van der Waals surface area contributed by atoms with E-state index in [-0.39, 0.29) is 17.3 Å². The quantitative estimate of drug-likeness (QED) is 0.775. The summed E-state index contributed by atoms with van der Waals surface area (Å²) in [6, 6.07) is 13.7. The van der Waals surface area contributed by atoms with Crippen molar-refractivity contribution < 1.29 is 14.0 Å². The minimum atomic E-state index is -0.483. The molecule has 0 aliphatic carbocycles. The summed E-state index contributed by atoms with van der Waals surface area (Å²) in [6.07, 6.45) is 0.463. The first kappa shape index (κ1) is 18.3. The lowest BCUT2D eigenvalue weighted by atomic mass is 10.1. The van der Waals surface area contributed by atoms with Crippen molar-refractivity contribution in [2.24, 2.45) is 0 Å². The highest BCUT2D eigenvalue weighted by Gasteiger charge is 2.24. The molecule has 1 heterocycles. The summed E-state index contributed by atoms with van der Waals surface area (Å²) in [6.45, 7) is 5.16. The average Bonchev–Trinajstić information content (AvgIpc) is 2.67. The van der Waals surface area contributed by atoms with Gasteiger partial charge in [0, 0.05) is 44.7 Å². The standard InChI is InChI=1S/C21H23FN2O2/c1-16-6-8-17(9-7-16)20(25)10-11-23-12-14-24(15-13-23)21(26)18-4-2-3-5-19(18)22/h2-9H,10-15H2,1H3. The minimum absolute atomic E-state index is 0.121. The van der Waals surface area contributed by atoms with Crippen molar-refractivity contribution in [3.8, 4) is 0 Å². The fourth-order valence-corrected chi connectivity index (χ4v) is 3.12. The Labute approximate surface area is 153 Å². The zero-order valence-corrected chi connectivity index (χ0v) is 15.0. The summed E-state index contributed by atoms with van der Waals surface area (Å²) in [5, 5.41) is 0. The van der Waals surface area contributed by atoms with E-state index in [0.717, 1.165) is 11.1 Å². The van der Waals surface area contributed by atoms with Crippen LogP contribution in [0.2, 0.25) is 0 Å².